The van der Waals surface area contributed by atoms with E-state index >= 15 is 0 Å². The maximum absolute atomic E-state index is 12.9. The van der Waals surface area contributed by atoms with Crippen LogP contribution in [0.2, 0.25) is 0 Å². The molecule has 0 aliphatic carbocycles. The molecule has 1 aliphatic rings. The van der Waals surface area contributed by atoms with Gasteiger partial charge in [-0.25, -0.2) is 8.78 Å². The molecule has 2 rings (SSSR count). The average molecular weight is 215 g/mol. The molecule has 0 saturated carbocycles. The molecule has 5 heteroatoms. The Hall–Kier alpha value is -0.970. The highest BCUT2D eigenvalue weighted by atomic mass is 19.3. The van der Waals surface area contributed by atoms with E-state index in [9.17, 15) is 8.78 Å². The summed E-state index contributed by atoms with van der Waals surface area (Å²) in [5.41, 5.74) is -0.0134. The summed E-state index contributed by atoms with van der Waals surface area (Å²) in [6.45, 7) is 2.58. The Bertz CT molecular complexity index is 324. The van der Waals surface area contributed by atoms with Gasteiger partial charge < -0.3 is 5.32 Å². The van der Waals surface area contributed by atoms with Crippen LogP contribution in [0.5, 0.6) is 0 Å². The van der Waals surface area contributed by atoms with Gasteiger partial charge >= 0.3 is 0 Å². The Kier molecular flexibility index (Phi) is 2.73. The highest BCUT2D eigenvalue weighted by molar-refractivity contribution is 5.10. The fourth-order valence-electron chi connectivity index (χ4n) is 1.83. The van der Waals surface area contributed by atoms with E-state index in [-0.39, 0.29) is 5.56 Å². The van der Waals surface area contributed by atoms with Crippen molar-refractivity contribution in [1.82, 2.24) is 15.1 Å². The quantitative estimate of drug-likeness (QED) is 0.832. The Morgan fingerprint density at radius 3 is 3.00 bits per heavy atom. The molecule has 0 amide bonds. The molecule has 1 atom stereocenters. The van der Waals surface area contributed by atoms with Crippen LogP contribution in [-0.2, 0) is 12.5 Å². The molecule has 1 N–H and O–H groups in total. The van der Waals surface area contributed by atoms with Crippen LogP contribution in [0.1, 0.15) is 25.3 Å². The fraction of sp³-hybridized carbons (Fsp3) is 0.700. The maximum Gasteiger partial charge on any atom is 0.273 e. The van der Waals surface area contributed by atoms with Crippen LogP contribution in [0.3, 0.4) is 0 Å². The zero-order valence-corrected chi connectivity index (χ0v) is 8.71. The predicted molar refractivity (Wildman–Crippen MR) is 52.8 cm³/mol. The first-order valence-corrected chi connectivity index (χ1v) is 5.20. The topological polar surface area (TPSA) is 29.9 Å². The molecule has 0 bridgehead atoms. The summed E-state index contributed by atoms with van der Waals surface area (Å²) in [6.07, 6.45) is 4.93. The minimum absolute atomic E-state index is 0.0134. The Morgan fingerprint density at radius 1 is 1.67 bits per heavy atom. The molecule has 84 valence electrons. The lowest BCUT2D eigenvalue weighted by Gasteiger charge is -2.10. The van der Waals surface area contributed by atoms with E-state index in [0.717, 1.165) is 26.3 Å². The minimum Gasteiger partial charge on any atom is -0.312 e. The number of aromatic nitrogens is 2. The summed E-state index contributed by atoms with van der Waals surface area (Å²) in [5.74, 6) is -2.79. The Labute approximate surface area is 87.5 Å². The molecule has 1 fully saturated rings. The number of hydrogen-bond donors (Lipinski definition) is 1. The van der Waals surface area contributed by atoms with Crippen LogP contribution in [0, 0.1) is 0 Å². The summed E-state index contributed by atoms with van der Waals surface area (Å²) >= 11 is 0. The number of hydrogen-bond acceptors (Lipinski definition) is 2. The lowest BCUT2D eigenvalue weighted by Crippen LogP contribution is -2.26. The average Bonchev–Trinajstić information content (AvgIpc) is 2.73. The number of rotatable bonds is 3. The second kappa shape index (κ2) is 3.89. The van der Waals surface area contributed by atoms with Gasteiger partial charge in [0.1, 0.15) is 0 Å². The molecule has 0 spiro atoms. The van der Waals surface area contributed by atoms with Gasteiger partial charge in [0.05, 0.1) is 18.3 Å². The monoisotopic (exact) mass is 215 g/mol. The first-order chi connectivity index (χ1) is 7.05. The molecule has 1 unspecified atom stereocenters. The summed E-state index contributed by atoms with van der Waals surface area (Å²) in [5, 5.41) is 7.25. The van der Waals surface area contributed by atoms with Gasteiger partial charge in [0, 0.05) is 19.2 Å². The third-order valence-electron chi connectivity index (χ3n) is 2.71. The summed E-state index contributed by atoms with van der Waals surface area (Å²) in [4.78, 5) is 0. The number of alkyl halides is 2. The van der Waals surface area contributed by atoms with Gasteiger partial charge in [0.15, 0.2) is 0 Å². The largest absolute Gasteiger partial charge is 0.312 e. The smallest absolute Gasteiger partial charge is 0.273 e. The lowest BCUT2D eigenvalue weighted by molar-refractivity contribution is 0.0173. The molecule has 1 saturated heterocycles. The van der Waals surface area contributed by atoms with Crippen molar-refractivity contribution in [3.05, 3.63) is 18.0 Å². The molecular weight excluding hydrogens is 200 g/mol. The van der Waals surface area contributed by atoms with Gasteiger partial charge in [-0.1, -0.05) is 0 Å². The second-order valence-corrected chi connectivity index (χ2v) is 4.13. The standard InChI is InChI=1S/C10H15F2N3/c1-10(11,12)8-5-14-15(6-8)7-9-3-2-4-13-9/h5-6,9,13H,2-4,7H2,1H3. The first-order valence-electron chi connectivity index (χ1n) is 5.20. The first kappa shape index (κ1) is 10.5. The minimum atomic E-state index is -2.79. The Balaban J connectivity index is 2.00. The van der Waals surface area contributed by atoms with E-state index in [1.165, 1.54) is 12.4 Å². The highest BCUT2D eigenvalue weighted by Gasteiger charge is 2.26. The van der Waals surface area contributed by atoms with Gasteiger partial charge in [0.25, 0.3) is 5.92 Å². The van der Waals surface area contributed by atoms with E-state index in [1.807, 2.05) is 0 Å². The van der Waals surface area contributed by atoms with Crippen LogP contribution < -0.4 is 5.32 Å². The number of halogens is 2. The second-order valence-electron chi connectivity index (χ2n) is 4.13. The molecule has 3 nitrogen and oxygen atoms in total. The van der Waals surface area contributed by atoms with Gasteiger partial charge in [-0.15, -0.1) is 0 Å². The van der Waals surface area contributed by atoms with Gasteiger partial charge in [-0.2, -0.15) is 5.10 Å². The molecule has 1 aromatic rings. The van der Waals surface area contributed by atoms with Crippen LogP contribution in [0.25, 0.3) is 0 Å². The highest BCUT2D eigenvalue weighted by Crippen LogP contribution is 2.26. The maximum atomic E-state index is 12.9. The van der Waals surface area contributed by atoms with Crippen molar-refractivity contribution in [1.29, 1.82) is 0 Å². The van der Waals surface area contributed by atoms with E-state index in [1.54, 1.807) is 4.68 Å². The SMILES string of the molecule is CC(F)(F)c1cnn(CC2CCCN2)c1. The molecular formula is C10H15F2N3. The summed E-state index contributed by atoms with van der Waals surface area (Å²) < 4.78 is 27.4. The van der Waals surface area contributed by atoms with Gasteiger partial charge in [-0.05, 0) is 19.4 Å². The predicted octanol–water partition coefficient (Wildman–Crippen LogP) is 1.75. The fourth-order valence-corrected chi connectivity index (χ4v) is 1.83. The van der Waals surface area contributed by atoms with Crippen molar-refractivity contribution >= 4 is 0 Å². The van der Waals surface area contributed by atoms with E-state index in [0.29, 0.717) is 12.6 Å². The van der Waals surface area contributed by atoms with Crippen molar-refractivity contribution in [2.45, 2.75) is 38.3 Å². The zero-order valence-electron chi connectivity index (χ0n) is 8.71. The molecule has 1 aromatic heterocycles. The van der Waals surface area contributed by atoms with Crippen LogP contribution in [0.15, 0.2) is 12.4 Å². The van der Waals surface area contributed by atoms with Crippen molar-refractivity contribution < 1.29 is 8.78 Å². The molecule has 15 heavy (non-hydrogen) atoms. The molecule has 0 radical (unpaired) electrons. The third kappa shape index (κ3) is 2.53. The zero-order chi connectivity index (χ0) is 10.9. The Morgan fingerprint density at radius 2 is 2.47 bits per heavy atom. The third-order valence-corrected chi connectivity index (χ3v) is 2.71. The van der Waals surface area contributed by atoms with Crippen LogP contribution >= 0.6 is 0 Å². The molecule has 0 aromatic carbocycles. The van der Waals surface area contributed by atoms with Crippen molar-refractivity contribution in [3.8, 4) is 0 Å². The number of nitrogens with zero attached hydrogens (tertiary/aromatic N) is 2. The van der Waals surface area contributed by atoms with E-state index < -0.39 is 5.92 Å². The van der Waals surface area contributed by atoms with Crippen molar-refractivity contribution in [3.63, 3.8) is 0 Å². The van der Waals surface area contributed by atoms with E-state index in [4.69, 9.17) is 0 Å². The molecule has 1 aliphatic heterocycles. The van der Waals surface area contributed by atoms with Gasteiger partial charge in [-0.3, -0.25) is 4.68 Å². The summed E-state index contributed by atoms with van der Waals surface area (Å²) in [7, 11) is 0. The van der Waals surface area contributed by atoms with Crippen molar-refractivity contribution in [2.24, 2.45) is 0 Å². The van der Waals surface area contributed by atoms with E-state index in [2.05, 4.69) is 10.4 Å². The van der Waals surface area contributed by atoms with Gasteiger partial charge in [0.2, 0.25) is 0 Å². The number of nitrogens with one attached hydrogen (secondary N) is 1. The van der Waals surface area contributed by atoms with Crippen molar-refractivity contribution in [2.75, 3.05) is 6.54 Å². The lowest BCUT2D eigenvalue weighted by atomic mass is 10.2. The normalized spacial score (nSPS) is 22.2. The molecule has 2 heterocycles. The summed E-state index contributed by atoms with van der Waals surface area (Å²) in [6, 6.07) is 0.378. The van der Waals surface area contributed by atoms with Crippen LogP contribution in [0.4, 0.5) is 8.78 Å². The van der Waals surface area contributed by atoms with Crippen LogP contribution in [-0.4, -0.2) is 22.4 Å².